The normalized spacial score (nSPS) is 23.5. The summed E-state index contributed by atoms with van der Waals surface area (Å²) >= 11 is 1.36. The van der Waals surface area contributed by atoms with E-state index >= 15 is 0 Å². The molecule has 4 rings (SSSR count). The number of hydrogen-bond donors (Lipinski definition) is 1. The molecule has 1 aromatic rings. The van der Waals surface area contributed by atoms with Crippen LogP contribution in [0.4, 0.5) is 5.13 Å². The van der Waals surface area contributed by atoms with Gasteiger partial charge in [0.15, 0.2) is 0 Å². The monoisotopic (exact) mass is 494 g/mol. The molecule has 4 heterocycles. The molecule has 176 valence electrons. The molecule has 9 nitrogen and oxygen atoms in total. The third-order valence-electron chi connectivity index (χ3n) is 6.44. The summed E-state index contributed by atoms with van der Waals surface area (Å²) < 4.78 is 5.36. The van der Waals surface area contributed by atoms with Crippen molar-refractivity contribution in [2.45, 2.75) is 38.3 Å². The van der Waals surface area contributed by atoms with Gasteiger partial charge in [-0.25, -0.2) is 0 Å². The summed E-state index contributed by atoms with van der Waals surface area (Å²) in [5, 5.41) is 13.0. The minimum Gasteiger partial charge on any atom is -0.374 e. The van der Waals surface area contributed by atoms with Gasteiger partial charge in [0.2, 0.25) is 16.9 Å². The zero-order valence-electron chi connectivity index (χ0n) is 18.0. The number of halogens is 2. The van der Waals surface area contributed by atoms with E-state index in [0.29, 0.717) is 24.9 Å². The van der Waals surface area contributed by atoms with Crippen LogP contribution in [0.1, 0.15) is 31.2 Å². The van der Waals surface area contributed by atoms with Crippen molar-refractivity contribution in [3.8, 4) is 0 Å². The second-order valence-electron chi connectivity index (χ2n) is 8.18. The molecule has 1 atom stereocenters. The average Bonchev–Trinajstić information content (AvgIpc) is 3.35. The van der Waals surface area contributed by atoms with Crippen LogP contribution in [-0.4, -0.2) is 90.3 Å². The summed E-state index contributed by atoms with van der Waals surface area (Å²) in [6, 6.07) is 0. The molecule has 3 aliphatic heterocycles. The standard InChI is InChI=1S/C19H30N6O3S.2ClH/c1-3-28-12-15-21-22-18(29-15)25-11-14(10-16(25)26)17(27)24-9-8-23(2)19(13-24)4-6-20-7-5-19;;/h14,20H,3-13H2,1-2H3;2*1H. The summed E-state index contributed by atoms with van der Waals surface area (Å²) in [7, 11) is 2.17. The molecule has 0 aromatic carbocycles. The van der Waals surface area contributed by atoms with Crippen LogP contribution in [0.3, 0.4) is 0 Å². The van der Waals surface area contributed by atoms with E-state index in [-0.39, 0.29) is 54.5 Å². The number of likely N-dealkylation sites (N-methyl/N-ethyl adjacent to an activating group) is 1. The Labute approximate surface area is 199 Å². The molecule has 0 radical (unpaired) electrons. The lowest BCUT2D eigenvalue weighted by Gasteiger charge is -2.51. The van der Waals surface area contributed by atoms with Crippen LogP contribution in [0, 0.1) is 5.92 Å². The number of carbonyl (C=O) groups excluding carboxylic acids is 2. The molecule has 0 aliphatic carbocycles. The number of piperidine rings is 1. The first kappa shape index (κ1) is 26.2. The van der Waals surface area contributed by atoms with Gasteiger partial charge in [-0.3, -0.25) is 19.4 Å². The molecule has 2 amide bonds. The molecule has 12 heteroatoms. The van der Waals surface area contributed by atoms with E-state index < -0.39 is 0 Å². The van der Waals surface area contributed by atoms with Crippen LogP contribution in [-0.2, 0) is 20.9 Å². The Morgan fingerprint density at radius 2 is 2.00 bits per heavy atom. The molecule has 3 saturated heterocycles. The van der Waals surface area contributed by atoms with Crippen LogP contribution in [0.5, 0.6) is 0 Å². The number of piperazine rings is 1. The number of rotatable bonds is 5. The third kappa shape index (κ3) is 5.48. The van der Waals surface area contributed by atoms with Crippen LogP contribution < -0.4 is 10.2 Å². The van der Waals surface area contributed by atoms with Gasteiger partial charge in [-0.15, -0.1) is 35.0 Å². The van der Waals surface area contributed by atoms with E-state index in [4.69, 9.17) is 4.74 Å². The first-order chi connectivity index (χ1) is 14.0. The highest BCUT2D eigenvalue weighted by atomic mass is 35.5. The second kappa shape index (κ2) is 11.2. The van der Waals surface area contributed by atoms with Gasteiger partial charge in [-0.05, 0) is 39.9 Å². The highest BCUT2D eigenvalue weighted by Crippen LogP contribution is 2.33. The number of amides is 2. The summed E-state index contributed by atoms with van der Waals surface area (Å²) in [4.78, 5) is 31.9. The summed E-state index contributed by atoms with van der Waals surface area (Å²) in [5.41, 5.74) is 0.0644. The summed E-state index contributed by atoms with van der Waals surface area (Å²) in [6.45, 7) is 7.67. The van der Waals surface area contributed by atoms with Crippen LogP contribution in [0.25, 0.3) is 0 Å². The second-order valence-corrected chi connectivity index (χ2v) is 9.22. The predicted molar refractivity (Wildman–Crippen MR) is 124 cm³/mol. The smallest absolute Gasteiger partial charge is 0.229 e. The fourth-order valence-electron chi connectivity index (χ4n) is 4.60. The molecule has 1 aromatic heterocycles. The number of nitrogens with zero attached hydrogens (tertiary/aromatic N) is 5. The molecule has 0 saturated carbocycles. The van der Waals surface area contributed by atoms with E-state index in [2.05, 4.69) is 27.5 Å². The highest BCUT2D eigenvalue weighted by Gasteiger charge is 2.45. The van der Waals surface area contributed by atoms with Crippen molar-refractivity contribution < 1.29 is 14.3 Å². The minimum absolute atomic E-state index is 0. The Balaban J connectivity index is 0.00000171. The third-order valence-corrected chi connectivity index (χ3v) is 7.36. The molecule has 0 bridgehead atoms. The van der Waals surface area contributed by atoms with Gasteiger partial charge in [0, 0.05) is 44.7 Å². The SMILES string of the molecule is CCOCc1nnc(N2CC(C(=O)N3CCN(C)C4(CCNCC4)C3)CC2=O)s1.Cl.Cl. The van der Waals surface area contributed by atoms with Crippen LogP contribution in [0.15, 0.2) is 0 Å². The first-order valence-electron chi connectivity index (χ1n) is 10.4. The fraction of sp³-hybridized carbons (Fsp3) is 0.789. The molecule has 1 N–H and O–H groups in total. The molecule has 3 fully saturated rings. The number of hydrogen-bond acceptors (Lipinski definition) is 8. The topological polar surface area (TPSA) is 90.9 Å². The maximum absolute atomic E-state index is 13.3. The summed E-state index contributed by atoms with van der Waals surface area (Å²) in [6.07, 6.45) is 2.35. The molecule has 3 aliphatic rings. The van der Waals surface area contributed by atoms with Crippen molar-refractivity contribution >= 4 is 53.1 Å². The number of carbonyl (C=O) groups is 2. The molecule has 1 spiro atoms. The van der Waals surface area contributed by atoms with Gasteiger partial charge in [0.1, 0.15) is 11.6 Å². The van der Waals surface area contributed by atoms with Gasteiger partial charge in [-0.2, -0.15) is 0 Å². The predicted octanol–water partition coefficient (Wildman–Crippen LogP) is 1.17. The average molecular weight is 495 g/mol. The van der Waals surface area contributed by atoms with Crippen molar-refractivity contribution in [3.63, 3.8) is 0 Å². The van der Waals surface area contributed by atoms with E-state index in [1.807, 2.05) is 11.8 Å². The Kier molecular flexibility index (Phi) is 9.47. The molecule has 31 heavy (non-hydrogen) atoms. The van der Waals surface area contributed by atoms with Gasteiger partial charge in [0.05, 0.1) is 5.92 Å². The van der Waals surface area contributed by atoms with Crippen molar-refractivity contribution in [2.24, 2.45) is 5.92 Å². The van der Waals surface area contributed by atoms with Crippen LogP contribution >= 0.6 is 36.2 Å². The Morgan fingerprint density at radius 3 is 2.71 bits per heavy atom. The maximum Gasteiger partial charge on any atom is 0.229 e. The largest absolute Gasteiger partial charge is 0.374 e. The van der Waals surface area contributed by atoms with Crippen molar-refractivity contribution in [3.05, 3.63) is 5.01 Å². The zero-order chi connectivity index (χ0) is 20.4. The maximum atomic E-state index is 13.3. The fourth-order valence-corrected chi connectivity index (χ4v) is 5.40. The van der Waals surface area contributed by atoms with Crippen LogP contribution in [0.2, 0.25) is 0 Å². The minimum atomic E-state index is -0.302. The van der Waals surface area contributed by atoms with Crippen molar-refractivity contribution in [1.82, 2.24) is 25.3 Å². The quantitative estimate of drug-likeness (QED) is 0.656. The van der Waals surface area contributed by atoms with Gasteiger partial charge in [0.25, 0.3) is 0 Å². The summed E-state index contributed by atoms with van der Waals surface area (Å²) in [5.74, 6) is -0.247. The van der Waals surface area contributed by atoms with Gasteiger partial charge < -0.3 is 15.0 Å². The van der Waals surface area contributed by atoms with E-state index in [1.54, 1.807) is 4.90 Å². The van der Waals surface area contributed by atoms with E-state index in [9.17, 15) is 9.59 Å². The van der Waals surface area contributed by atoms with E-state index in [0.717, 1.165) is 50.6 Å². The van der Waals surface area contributed by atoms with Crippen molar-refractivity contribution in [1.29, 1.82) is 0 Å². The lowest BCUT2D eigenvalue weighted by molar-refractivity contribution is -0.141. The molecule has 1 unspecified atom stereocenters. The lowest BCUT2D eigenvalue weighted by Crippen LogP contribution is -2.65. The number of nitrogens with one attached hydrogen (secondary N) is 1. The molecular formula is C19H32Cl2N6O3S. The van der Waals surface area contributed by atoms with Gasteiger partial charge in [-0.1, -0.05) is 11.3 Å². The first-order valence-corrected chi connectivity index (χ1v) is 11.3. The number of aromatic nitrogens is 2. The number of ether oxygens (including phenoxy) is 1. The Bertz CT molecular complexity index is 761. The molecular weight excluding hydrogens is 463 g/mol. The van der Waals surface area contributed by atoms with Crippen molar-refractivity contribution in [2.75, 3.05) is 57.8 Å². The highest BCUT2D eigenvalue weighted by molar-refractivity contribution is 7.15. The Morgan fingerprint density at radius 1 is 1.26 bits per heavy atom. The lowest BCUT2D eigenvalue weighted by atomic mass is 9.84. The number of anilines is 1. The zero-order valence-corrected chi connectivity index (χ0v) is 20.5. The van der Waals surface area contributed by atoms with E-state index in [1.165, 1.54) is 11.3 Å². The van der Waals surface area contributed by atoms with Gasteiger partial charge >= 0.3 is 0 Å². The Hall–Kier alpha value is -1.04.